The second-order valence-corrected chi connectivity index (χ2v) is 6.85. The van der Waals surface area contributed by atoms with E-state index in [4.69, 9.17) is 34.8 Å². The van der Waals surface area contributed by atoms with Gasteiger partial charge in [0.05, 0.1) is 32.8 Å². The summed E-state index contributed by atoms with van der Waals surface area (Å²) in [5, 5.41) is 0.488. The molecule has 1 N–H and O–H groups in total. The Hall–Kier alpha value is -0.340. The van der Waals surface area contributed by atoms with Crippen LogP contribution in [0, 0.1) is 0 Å². The summed E-state index contributed by atoms with van der Waals surface area (Å²) in [6.07, 6.45) is 0. The van der Waals surface area contributed by atoms with Crippen LogP contribution in [0.2, 0.25) is 10.0 Å². The number of halogens is 3. The molecule has 1 aromatic carbocycles. The molecule has 0 atom stereocenters. The number of nitrogens with zero attached hydrogens (tertiary/aromatic N) is 2. The van der Waals surface area contributed by atoms with Gasteiger partial charge in [-0.25, -0.2) is 8.42 Å². The zero-order chi connectivity index (χ0) is 13.3. The summed E-state index contributed by atoms with van der Waals surface area (Å²) in [4.78, 5) is 0. The molecule has 0 fully saturated rings. The molecule has 0 aromatic heterocycles. The van der Waals surface area contributed by atoms with E-state index in [9.17, 15) is 8.42 Å². The van der Waals surface area contributed by atoms with Crippen LogP contribution in [0.25, 0.3) is 0 Å². The molecule has 0 spiro atoms. The van der Waals surface area contributed by atoms with Gasteiger partial charge in [-0.1, -0.05) is 23.2 Å². The number of anilines is 1. The highest BCUT2D eigenvalue weighted by Crippen LogP contribution is 2.47. The number of sulfonamides is 1. The highest BCUT2D eigenvalue weighted by atomic mass is 35.5. The Morgan fingerprint density at radius 1 is 1.22 bits per heavy atom. The van der Waals surface area contributed by atoms with Crippen LogP contribution in [0.15, 0.2) is 14.8 Å². The Labute approximate surface area is 122 Å². The Balaban J connectivity index is 2.48. The first-order valence-corrected chi connectivity index (χ1v) is 8.28. The van der Waals surface area contributed by atoms with E-state index in [1.807, 2.05) is 0 Å². The van der Waals surface area contributed by atoms with E-state index in [0.29, 0.717) is 16.4 Å². The summed E-state index contributed by atoms with van der Waals surface area (Å²) in [5.74, 6) is -0.231. The molecular formula is C8H6Cl3N3O2S2. The van der Waals surface area contributed by atoms with E-state index in [1.165, 1.54) is 6.07 Å². The molecule has 1 aromatic rings. The minimum Gasteiger partial charge on any atom is -0.280 e. The van der Waals surface area contributed by atoms with Gasteiger partial charge in [0.2, 0.25) is 10.0 Å². The average molecular weight is 347 g/mol. The monoisotopic (exact) mass is 345 g/mol. The van der Waals surface area contributed by atoms with Crippen molar-refractivity contribution in [2.24, 2.45) is 8.73 Å². The van der Waals surface area contributed by atoms with Gasteiger partial charge in [0, 0.05) is 5.88 Å². The van der Waals surface area contributed by atoms with Crippen LogP contribution in [0.1, 0.15) is 0 Å². The molecule has 1 heterocycles. The predicted molar refractivity (Wildman–Crippen MR) is 76.1 cm³/mol. The lowest BCUT2D eigenvalue weighted by Crippen LogP contribution is -2.17. The minimum atomic E-state index is -3.56. The van der Waals surface area contributed by atoms with Crippen molar-refractivity contribution in [2.75, 3.05) is 16.4 Å². The number of hydrogen-bond acceptors (Lipinski definition) is 4. The molecule has 0 unspecified atom stereocenters. The van der Waals surface area contributed by atoms with Gasteiger partial charge in [0.1, 0.15) is 11.4 Å². The zero-order valence-corrected chi connectivity index (χ0v) is 12.6. The van der Waals surface area contributed by atoms with Crippen molar-refractivity contribution in [2.45, 2.75) is 0 Å². The van der Waals surface area contributed by atoms with Gasteiger partial charge >= 0.3 is 0 Å². The molecule has 1 aliphatic heterocycles. The third-order valence-electron chi connectivity index (χ3n) is 2.05. The predicted octanol–water partition coefficient (Wildman–Crippen LogP) is 3.70. The molecule has 18 heavy (non-hydrogen) atoms. The van der Waals surface area contributed by atoms with E-state index < -0.39 is 10.0 Å². The van der Waals surface area contributed by atoms with Gasteiger partial charge in [-0.2, -0.15) is 8.73 Å². The van der Waals surface area contributed by atoms with Crippen LogP contribution in [-0.4, -0.2) is 20.1 Å². The molecule has 0 amide bonds. The van der Waals surface area contributed by atoms with Crippen molar-refractivity contribution in [3.63, 3.8) is 0 Å². The number of rotatable bonds is 4. The normalized spacial score (nSPS) is 13.3. The van der Waals surface area contributed by atoms with Crippen LogP contribution in [0.4, 0.5) is 17.1 Å². The van der Waals surface area contributed by atoms with Gasteiger partial charge < -0.3 is 0 Å². The highest BCUT2D eigenvalue weighted by Gasteiger charge is 2.22. The average Bonchev–Trinajstić information content (AvgIpc) is 2.73. The standard InChI is InChI=1S/C8H6Cl3N3O2S2/c9-1-2-18(15,16)14-7-5(11)3-4(10)6-8(7)13-17-12-6/h3,14H,1-2H2. The Kier molecular flexibility index (Phi) is 4.18. The number of hydrogen-bond donors (Lipinski definition) is 1. The SMILES string of the molecule is O=S(=O)(CCCl)Nc1c(Cl)cc(Cl)c2c1N=S=N2. The van der Waals surface area contributed by atoms with Crippen molar-refractivity contribution in [1.82, 2.24) is 0 Å². The Bertz CT molecular complexity index is 669. The lowest BCUT2D eigenvalue weighted by Gasteiger charge is -2.11. The quantitative estimate of drug-likeness (QED) is 0.857. The number of nitrogens with one attached hydrogen (secondary N) is 1. The fourth-order valence-electron chi connectivity index (χ4n) is 1.28. The van der Waals surface area contributed by atoms with Gasteiger partial charge in [-0.05, 0) is 6.07 Å². The van der Waals surface area contributed by atoms with Gasteiger partial charge in [0.15, 0.2) is 0 Å². The molecule has 1 aliphatic rings. The Morgan fingerprint density at radius 3 is 2.56 bits per heavy atom. The summed E-state index contributed by atoms with van der Waals surface area (Å²) >= 11 is 18.2. The molecule has 0 saturated carbocycles. The number of alkyl halides is 1. The molecule has 2 rings (SSSR count). The maximum absolute atomic E-state index is 11.7. The molecule has 0 aliphatic carbocycles. The fourth-order valence-corrected chi connectivity index (χ4v) is 3.93. The molecule has 0 radical (unpaired) electrons. The van der Waals surface area contributed by atoms with Crippen LogP contribution >= 0.6 is 34.8 Å². The molecule has 0 bridgehead atoms. The lowest BCUT2D eigenvalue weighted by atomic mass is 10.2. The third-order valence-corrected chi connectivity index (χ3v) is 4.83. The minimum absolute atomic E-state index is 0.0149. The van der Waals surface area contributed by atoms with E-state index in [2.05, 4.69) is 13.4 Å². The van der Waals surface area contributed by atoms with Crippen LogP contribution < -0.4 is 4.72 Å². The maximum Gasteiger partial charge on any atom is 0.234 e. The first-order valence-electron chi connectivity index (χ1n) is 4.61. The van der Waals surface area contributed by atoms with Crippen molar-refractivity contribution in [3.8, 4) is 0 Å². The summed E-state index contributed by atoms with van der Waals surface area (Å²) in [6.45, 7) is 0. The van der Waals surface area contributed by atoms with E-state index in [-0.39, 0.29) is 22.3 Å². The van der Waals surface area contributed by atoms with Crippen molar-refractivity contribution in [1.29, 1.82) is 0 Å². The topological polar surface area (TPSA) is 70.9 Å². The zero-order valence-electron chi connectivity index (χ0n) is 8.65. The van der Waals surface area contributed by atoms with Gasteiger partial charge in [-0.15, -0.1) is 11.6 Å². The van der Waals surface area contributed by atoms with Crippen LogP contribution in [-0.2, 0) is 21.4 Å². The maximum atomic E-state index is 11.7. The van der Waals surface area contributed by atoms with Gasteiger partial charge in [0.25, 0.3) is 0 Å². The van der Waals surface area contributed by atoms with E-state index >= 15 is 0 Å². The van der Waals surface area contributed by atoms with Crippen LogP contribution in [0.5, 0.6) is 0 Å². The molecular weight excluding hydrogens is 341 g/mol. The number of benzene rings is 1. The summed E-state index contributed by atoms with van der Waals surface area (Å²) in [7, 11) is -3.56. The first kappa shape index (κ1) is 14.1. The second-order valence-electron chi connectivity index (χ2n) is 3.29. The van der Waals surface area contributed by atoms with Gasteiger partial charge in [-0.3, -0.25) is 4.72 Å². The summed E-state index contributed by atoms with van der Waals surface area (Å²) < 4.78 is 33.6. The third kappa shape index (κ3) is 2.80. The number of fused-ring (bicyclic) bond motifs is 1. The summed E-state index contributed by atoms with van der Waals surface area (Å²) in [5.41, 5.74) is 0.917. The molecule has 0 saturated heterocycles. The largest absolute Gasteiger partial charge is 0.280 e. The van der Waals surface area contributed by atoms with E-state index in [1.54, 1.807) is 0 Å². The summed E-state index contributed by atoms with van der Waals surface area (Å²) in [6, 6.07) is 1.42. The second kappa shape index (κ2) is 5.34. The highest BCUT2D eigenvalue weighted by molar-refractivity contribution is 7.92. The Morgan fingerprint density at radius 2 is 1.89 bits per heavy atom. The van der Waals surface area contributed by atoms with Crippen molar-refractivity contribution >= 4 is 73.2 Å². The molecule has 5 nitrogen and oxygen atoms in total. The lowest BCUT2D eigenvalue weighted by molar-refractivity contribution is 0.602. The first-order chi connectivity index (χ1) is 8.44. The molecule has 10 heteroatoms. The smallest absolute Gasteiger partial charge is 0.234 e. The van der Waals surface area contributed by atoms with Crippen molar-refractivity contribution in [3.05, 3.63) is 16.1 Å². The van der Waals surface area contributed by atoms with Crippen LogP contribution in [0.3, 0.4) is 0 Å². The fraction of sp³-hybridized carbons (Fsp3) is 0.250. The van der Waals surface area contributed by atoms with E-state index in [0.717, 1.165) is 11.4 Å². The van der Waals surface area contributed by atoms with Crippen molar-refractivity contribution < 1.29 is 8.42 Å². The molecule has 98 valence electrons.